The number of likely N-dealkylation sites (tertiary alicyclic amines) is 1. The Balaban J connectivity index is 1.95. The second kappa shape index (κ2) is 7.43. The highest BCUT2D eigenvalue weighted by Gasteiger charge is 2.26. The summed E-state index contributed by atoms with van der Waals surface area (Å²) < 4.78 is 5.24. The van der Waals surface area contributed by atoms with Crippen molar-refractivity contribution in [2.24, 2.45) is 0 Å². The van der Waals surface area contributed by atoms with Crippen LogP contribution in [0.4, 0.5) is 0 Å². The van der Waals surface area contributed by atoms with Gasteiger partial charge in [0.05, 0.1) is 5.56 Å². The average molecular weight is 303 g/mol. The van der Waals surface area contributed by atoms with Crippen LogP contribution in [0.2, 0.25) is 0 Å². The van der Waals surface area contributed by atoms with Crippen molar-refractivity contribution in [3.05, 3.63) is 34.9 Å². The van der Waals surface area contributed by atoms with Gasteiger partial charge in [0.15, 0.2) is 6.61 Å². The van der Waals surface area contributed by atoms with Gasteiger partial charge in [-0.25, -0.2) is 4.79 Å². The summed E-state index contributed by atoms with van der Waals surface area (Å²) >= 11 is 0. The molecule has 0 aliphatic carbocycles. The summed E-state index contributed by atoms with van der Waals surface area (Å²) in [5, 5.41) is 0. The lowest BCUT2D eigenvalue weighted by Gasteiger charge is -2.35. The van der Waals surface area contributed by atoms with Crippen LogP contribution in [0.1, 0.15) is 54.1 Å². The molecule has 1 aromatic carbocycles. The highest BCUT2D eigenvalue weighted by molar-refractivity contribution is 5.92. The second-order valence-corrected chi connectivity index (χ2v) is 6.04. The smallest absolute Gasteiger partial charge is 0.338 e. The van der Waals surface area contributed by atoms with Crippen molar-refractivity contribution in [1.29, 1.82) is 0 Å². The van der Waals surface area contributed by atoms with E-state index in [4.69, 9.17) is 4.74 Å². The first-order valence-corrected chi connectivity index (χ1v) is 8.06. The lowest BCUT2D eigenvalue weighted by Crippen LogP contribution is -2.45. The Labute approximate surface area is 132 Å². The average Bonchev–Trinajstić information content (AvgIpc) is 2.54. The van der Waals surface area contributed by atoms with Crippen molar-refractivity contribution in [1.82, 2.24) is 4.90 Å². The predicted octanol–water partition coefficient (Wildman–Crippen LogP) is 3.25. The fourth-order valence-corrected chi connectivity index (χ4v) is 3.00. The van der Waals surface area contributed by atoms with E-state index in [1.165, 1.54) is 6.42 Å². The van der Waals surface area contributed by atoms with Crippen molar-refractivity contribution >= 4 is 11.9 Å². The largest absolute Gasteiger partial charge is 0.452 e. The Kier molecular flexibility index (Phi) is 5.58. The van der Waals surface area contributed by atoms with Crippen molar-refractivity contribution < 1.29 is 14.3 Å². The summed E-state index contributed by atoms with van der Waals surface area (Å²) in [6.07, 6.45) is 4.21. The van der Waals surface area contributed by atoms with Gasteiger partial charge >= 0.3 is 5.97 Å². The Morgan fingerprint density at radius 3 is 2.77 bits per heavy atom. The van der Waals surface area contributed by atoms with E-state index in [9.17, 15) is 9.59 Å². The number of carbonyl (C=O) groups excluding carboxylic acids is 2. The molecule has 0 aromatic heterocycles. The molecule has 1 aliphatic rings. The molecule has 1 aliphatic heterocycles. The lowest BCUT2D eigenvalue weighted by molar-refractivity contribution is -0.138. The minimum Gasteiger partial charge on any atom is -0.452 e. The van der Waals surface area contributed by atoms with Crippen LogP contribution in [0.5, 0.6) is 0 Å². The molecule has 22 heavy (non-hydrogen) atoms. The van der Waals surface area contributed by atoms with Crippen molar-refractivity contribution in [2.45, 2.75) is 52.5 Å². The molecule has 1 unspecified atom stereocenters. The maximum absolute atomic E-state index is 12.3. The molecule has 0 saturated carbocycles. The van der Waals surface area contributed by atoms with Crippen LogP contribution in [0.15, 0.2) is 18.2 Å². The van der Waals surface area contributed by atoms with Gasteiger partial charge in [0.2, 0.25) is 0 Å². The third-order valence-electron chi connectivity index (χ3n) is 4.36. The quantitative estimate of drug-likeness (QED) is 0.802. The molecule has 120 valence electrons. The maximum Gasteiger partial charge on any atom is 0.338 e. The Morgan fingerprint density at radius 2 is 2.05 bits per heavy atom. The Bertz CT molecular complexity index is 553. The topological polar surface area (TPSA) is 46.6 Å². The third kappa shape index (κ3) is 3.87. The van der Waals surface area contributed by atoms with Crippen molar-refractivity contribution in [3.8, 4) is 0 Å². The number of aryl methyl sites for hydroxylation is 2. The van der Waals surface area contributed by atoms with Crippen LogP contribution >= 0.6 is 0 Å². The van der Waals surface area contributed by atoms with Gasteiger partial charge < -0.3 is 9.64 Å². The molecule has 0 N–H and O–H groups in total. The van der Waals surface area contributed by atoms with E-state index < -0.39 is 5.97 Å². The first kappa shape index (κ1) is 16.5. The van der Waals surface area contributed by atoms with E-state index in [2.05, 4.69) is 6.92 Å². The highest BCUT2D eigenvalue weighted by Crippen LogP contribution is 2.19. The van der Waals surface area contributed by atoms with Gasteiger partial charge in [-0.1, -0.05) is 24.6 Å². The molecule has 4 heteroatoms. The molecular formula is C18H25NO3. The number of hydrogen-bond donors (Lipinski definition) is 0. The molecule has 1 saturated heterocycles. The van der Waals surface area contributed by atoms with Crippen LogP contribution in [-0.2, 0) is 9.53 Å². The SMILES string of the molecule is CCC1CCCCN1C(=O)COC(=O)c1cc(C)ccc1C. The fraction of sp³-hybridized carbons (Fsp3) is 0.556. The highest BCUT2D eigenvalue weighted by atomic mass is 16.5. The number of hydrogen-bond acceptors (Lipinski definition) is 3. The van der Waals surface area contributed by atoms with Crippen molar-refractivity contribution in [2.75, 3.05) is 13.2 Å². The van der Waals surface area contributed by atoms with E-state index in [1.54, 1.807) is 6.07 Å². The summed E-state index contributed by atoms with van der Waals surface area (Å²) in [4.78, 5) is 26.3. The molecule has 2 rings (SSSR count). The Morgan fingerprint density at radius 1 is 1.27 bits per heavy atom. The zero-order valence-electron chi connectivity index (χ0n) is 13.7. The summed E-state index contributed by atoms with van der Waals surface area (Å²) in [7, 11) is 0. The standard InChI is InChI=1S/C18H25NO3/c1-4-15-7-5-6-10-19(15)17(20)12-22-18(21)16-11-13(2)8-9-14(16)3/h8-9,11,15H,4-7,10,12H2,1-3H3. The minimum absolute atomic E-state index is 0.0785. The number of nitrogens with zero attached hydrogens (tertiary/aromatic N) is 1. The summed E-state index contributed by atoms with van der Waals surface area (Å²) in [6, 6.07) is 5.95. The van der Waals surface area contributed by atoms with Gasteiger partial charge in [-0.2, -0.15) is 0 Å². The zero-order valence-corrected chi connectivity index (χ0v) is 13.7. The van der Waals surface area contributed by atoms with Crippen LogP contribution in [-0.4, -0.2) is 36.0 Å². The van der Waals surface area contributed by atoms with E-state index in [0.717, 1.165) is 36.9 Å². The zero-order chi connectivity index (χ0) is 16.1. The number of rotatable bonds is 4. The number of esters is 1. The molecule has 1 atom stereocenters. The van der Waals surface area contributed by atoms with Crippen LogP contribution < -0.4 is 0 Å². The van der Waals surface area contributed by atoms with E-state index in [-0.39, 0.29) is 12.5 Å². The van der Waals surface area contributed by atoms with Crippen LogP contribution in [0.25, 0.3) is 0 Å². The first-order valence-electron chi connectivity index (χ1n) is 8.06. The van der Waals surface area contributed by atoms with Gasteiger partial charge in [-0.3, -0.25) is 4.79 Å². The van der Waals surface area contributed by atoms with Crippen molar-refractivity contribution in [3.63, 3.8) is 0 Å². The number of ether oxygens (including phenoxy) is 1. The molecule has 0 bridgehead atoms. The normalized spacial score (nSPS) is 18.1. The number of piperidine rings is 1. The van der Waals surface area contributed by atoms with Gasteiger partial charge in [-0.05, 0) is 51.2 Å². The number of amides is 1. The van der Waals surface area contributed by atoms with Gasteiger partial charge in [-0.15, -0.1) is 0 Å². The summed E-state index contributed by atoms with van der Waals surface area (Å²) in [5.74, 6) is -0.496. The molecule has 0 radical (unpaired) electrons. The number of carbonyl (C=O) groups is 2. The molecule has 1 fully saturated rings. The molecule has 0 spiro atoms. The number of benzene rings is 1. The van der Waals surface area contributed by atoms with Gasteiger partial charge in [0.25, 0.3) is 5.91 Å². The van der Waals surface area contributed by atoms with Gasteiger partial charge in [0, 0.05) is 12.6 Å². The monoisotopic (exact) mass is 303 g/mol. The Hall–Kier alpha value is -1.84. The molecular weight excluding hydrogens is 278 g/mol. The molecule has 1 aromatic rings. The van der Waals surface area contributed by atoms with E-state index in [1.807, 2.05) is 30.9 Å². The third-order valence-corrected chi connectivity index (χ3v) is 4.36. The van der Waals surface area contributed by atoms with Gasteiger partial charge in [0.1, 0.15) is 0 Å². The maximum atomic E-state index is 12.3. The van der Waals surface area contributed by atoms with E-state index >= 15 is 0 Å². The lowest BCUT2D eigenvalue weighted by atomic mass is 10.00. The molecule has 1 heterocycles. The summed E-state index contributed by atoms with van der Waals surface area (Å²) in [5.41, 5.74) is 2.41. The van der Waals surface area contributed by atoms with Crippen LogP contribution in [0.3, 0.4) is 0 Å². The summed E-state index contributed by atoms with van der Waals surface area (Å²) in [6.45, 7) is 6.51. The minimum atomic E-state index is -0.417. The molecule has 4 nitrogen and oxygen atoms in total. The first-order chi connectivity index (χ1) is 10.5. The predicted molar refractivity (Wildman–Crippen MR) is 85.8 cm³/mol. The van der Waals surface area contributed by atoms with Crippen LogP contribution in [0, 0.1) is 13.8 Å². The second-order valence-electron chi connectivity index (χ2n) is 6.04. The fourth-order valence-electron chi connectivity index (χ4n) is 3.00. The van der Waals surface area contributed by atoms with E-state index in [0.29, 0.717) is 11.6 Å². The molecule has 1 amide bonds.